The van der Waals surface area contributed by atoms with Gasteiger partial charge >= 0.3 is 0 Å². The van der Waals surface area contributed by atoms with E-state index >= 15 is 0 Å². The maximum atomic E-state index is 2.55. The second-order valence-electron chi connectivity index (χ2n) is 17.7. The molecular weight excluding hydrogens is 723 g/mol. The molecule has 0 heterocycles. The molecule has 8 aromatic rings. The van der Waals surface area contributed by atoms with E-state index in [1.807, 2.05) is 0 Å². The summed E-state index contributed by atoms with van der Waals surface area (Å²) < 4.78 is 0. The average molecular weight is 770 g/mol. The molecule has 0 amide bonds. The SMILES string of the molecule is CC1(C)c2cc(N(c3ccc(C4=CC=CC=CC4)cc3)c3ccc(-c4ccccc4)cc3)ccc2-c2cc3c(cc21)-c1c(cc(-c2ccccc2)c2ccccc12)C3(C)C. The average Bonchev–Trinajstić information content (AvgIpc) is 3.46. The second-order valence-corrected chi connectivity index (χ2v) is 17.7. The maximum Gasteiger partial charge on any atom is 0.0465 e. The van der Waals surface area contributed by atoms with Gasteiger partial charge in [0.15, 0.2) is 0 Å². The first-order chi connectivity index (χ1) is 29.3. The lowest BCUT2D eigenvalue weighted by Crippen LogP contribution is -2.17. The van der Waals surface area contributed by atoms with Crippen molar-refractivity contribution in [1.29, 1.82) is 0 Å². The fourth-order valence-electron chi connectivity index (χ4n) is 10.3. The topological polar surface area (TPSA) is 3.24 Å². The van der Waals surface area contributed by atoms with E-state index in [2.05, 4.69) is 233 Å². The molecule has 60 heavy (non-hydrogen) atoms. The molecule has 0 N–H and O–H groups in total. The summed E-state index contributed by atoms with van der Waals surface area (Å²) in [5.41, 5.74) is 21.7. The molecule has 0 saturated carbocycles. The summed E-state index contributed by atoms with van der Waals surface area (Å²) in [7, 11) is 0. The summed E-state index contributed by atoms with van der Waals surface area (Å²) in [4.78, 5) is 2.43. The summed E-state index contributed by atoms with van der Waals surface area (Å²) >= 11 is 0. The highest BCUT2D eigenvalue weighted by molar-refractivity contribution is 6.09. The lowest BCUT2D eigenvalue weighted by Gasteiger charge is -2.28. The van der Waals surface area contributed by atoms with Gasteiger partial charge in [-0.1, -0.05) is 173 Å². The number of anilines is 3. The number of rotatable bonds is 6. The van der Waals surface area contributed by atoms with Gasteiger partial charge in [0.05, 0.1) is 0 Å². The van der Waals surface area contributed by atoms with E-state index in [4.69, 9.17) is 0 Å². The fourth-order valence-corrected chi connectivity index (χ4v) is 10.3. The highest BCUT2D eigenvalue weighted by atomic mass is 15.1. The molecule has 8 aromatic carbocycles. The van der Waals surface area contributed by atoms with Crippen LogP contribution >= 0.6 is 0 Å². The van der Waals surface area contributed by atoms with Crippen LogP contribution in [0.3, 0.4) is 0 Å². The Kier molecular flexibility index (Phi) is 8.33. The first-order valence-electron chi connectivity index (χ1n) is 21.3. The zero-order valence-corrected chi connectivity index (χ0v) is 34.7. The molecule has 0 fully saturated rings. The Hall–Kier alpha value is -6.96. The van der Waals surface area contributed by atoms with Crippen molar-refractivity contribution in [1.82, 2.24) is 0 Å². The van der Waals surface area contributed by atoms with Crippen molar-refractivity contribution >= 4 is 33.4 Å². The first kappa shape index (κ1) is 36.1. The van der Waals surface area contributed by atoms with Crippen LogP contribution in [0.15, 0.2) is 200 Å². The van der Waals surface area contributed by atoms with Crippen LogP contribution in [0, 0.1) is 0 Å². The highest BCUT2D eigenvalue weighted by Gasteiger charge is 2.43. The predicted molar refractivity (Wildman–Crippen MR) is 256 cm³/mol. The van der Waals surface area contributed by atoms with Crippen molar-refractivity contribution in [3.63, 3.8) is 0 Å². The third-order valence-electron chi connectivity index (χ3n) is 13.5. The molecule has 0 aliphatic heterocycles. The normalized spacial score (nSPS) is 15.2. The van der Waals surface area contributed by atoms with Crippen molar-refractivity contribution in [2.75, 3.05) is 4.90 Å². The minimum atomic E-state index is -0.206. The lowest BCUT2D eigenvalue weighted by molar-refractivity contribution is 0.652. The number of hydrogen-bond donors (Lipinski definition) is 0. The summed E-state index contributed by atoms with van der Waals surface area (Å²) in [6.07, 6.45) is 11.8. The molecule has 1 nitrogen and oxygen atoms in total. The van der Waals surface area contributed by atoms with Gasteiger partial charge in [0.25, 0.3) is 0 Å². The number of nitrogens with zero attached hydrogens (tertiary/aromatic N) is 1. The Balaban J connectivity index is 1.03. The molecule has 0 spiro atoms. The Morgan fingerprint density at radius 2 is 0.917 bits per heavy atom. The van der Waals surface area contributed by atoms with Crippen molar-refractivity contribution in [2.24, 2.45) is 0 Å². The van der Waals surface area contributed by atoms with Crippen molar-refractivity contribution in [2.45, 2.75) is 44.9 Å². The maximum absolute atomic E-state index is 2.55. The minimum absolute atomic E-state index is 0.158. The quantitative estimate of drug-likeness (QED) is 0.163. The van der Waals surface area contributed by atoms with Crippen LogP contribution in [0.25, 0.3) is 60.9 Å². The van der Waals surface area contributed by atoms with E-state index in [-0.39, 0.29) is 10.8 Å². The van der Waals surface area contributed by atoms with Crippen LogP contribution in [0.1, 0.15) is 61.9 Å². The molecule has 288 valence electrons. The Labute approximate surface area is 354 Å². The van der Waals surface area contributed by atoms with E-state index < -0.39 is 0 Å². The fraction of sp³-hybridized carbons (Fsp3) is 0.119. The smallest absolute Gasteiger partial charge is 0.0465 e. The van der Waals surface area contributed by atoms with Gasteiger partial charge in [0.2, 0.25) is 0 Å². The zero-order chi connectivity index (χ0) is 40.6. The van der Waals surface area contributed by atoms with Gasteiger partial charge in [-0.3, -0.25) is 0 Å². The first-order valence-corrected chi connectivity index (χ1v) is 21.3. The van der Waals surface area contributed by atoms with Gasteiger partial charge in [-0.2, -0.15) is 0 Å². The van der Waals surface area contributed by atoms with Gasteiger partial charge in [-0.15, -0.1) is 0 Å². The Morgan fingerprint density at radius 3 is 1.63 bits per heavy atom. The molecular formula is C59H47N. The van der Waals surface area contributed by atoms with E-state index in [0.717, 1.165) is 23.5 Å². The summed E-state index contributed by atoms with van der Waals surface area (Å²) in [5.74, 6) is 0. The second kappa shape index (κ2) is 13.8. The summed E-state index contributed by atoms with van der Waals surface area (Å²) in [6, 6.07) is 63.5. The molecule has 0 atom stereocenters. The molecule has 0 aromatic heterocycles. The van der Waals surface area contributed by atoms with Crippen LogP contribution in [0.2, 0.25) is 0 Å². The zero-order valence-electron chi connectivity index (χ0n) is 34.7. The Morgan fingerprint density at radius 1 is 0.383 bits per heavy atom. The third kappa shape index (κ3) is 5.68. The van der Waals surface area contributed by atoms with E-state index in [1.54, 1.807) is 0 Å². The molecule has 0 bridgehead atoms. The highest BCUT2D eigenvalue weighted by Crippen LogP contribution is 2.58. The molecule has 0 saturated heterocycles. The molecule has 0 radical (unpaired) electrons. The molecule has 3 aliphatic rings. The van der Waals surface area contributed by atoms with Gasteiger partial charge in [-0.05, 0) is 150 Å². The summed E-state index contributed by atoms with van der Waals surface area (Å²) in [5, 5.41) is 2.64. The molecule has 0 unspecified atom stereocenters. The number of hydrogen-bond acceptors (Lipinski definition) is 1. The van der Waals surface area contributed by atoms with Crippen molar-refractivity contribution < 1.29 is 0 Å². The van der Waals surface area contributed by atoms with Crippen LogP contribution < -0.4 is 4.90 Å². The predicted octanol–water partition coefficient (Wildman–Crippen LogP) is 16.2. The monoisotopic (exact) mass is 769 g/mol. The van der Waals surface area contributed by atoms with Gasteiger partial charge in [-0.25, -0.2) is 0 Å². The van der Waals surface area contributed by atoms with Gasteiger partial charge in [0.1, 0.15) is 0 Å². The van der Waals surface area contributed by atoms with Crippen LogP contribution in [-0.2, 0) is 10.8 Å². The van der Waals surface area contributed by atoms with Crippen LogP contribution in [-0.4, -0.2) is 0 Å². The standard InChI is InChI=1S/C59H47N/c1-58(2)53-35-46(60(45-31-27-42(28-32-45)40-19-11-7-12-20-40)44-29-25-41(26-30-44)39-17-9-5-6-10-18-39)33-34-48(53)51-37-55-52(38-54(51)58)57-49-24-16-15-23-47(49)50(36-56(57)59(55,3)4)43-21-13-8-14-22-43/h5-17,19-38H,18H2,1-4H3. The molecule has 11 rings (SSSR count). The number of benzene rings is 8. The Bertz CT molecular complexity index is 3070. The van der Waals surface area contributed by atoms with Gasteiger partial charge < -0.3 is 4.90 Å². The van der Waals surface area contributed by atoms with E-state index in [9.17, 15) is 0 Å². The minimum Gasteiger partial charge on any atom is -0.310 e. The van der Waals surface area contributed by atoms with Crippen molar-refractivity contribution in [3.8, 4) is 44.5 Å². The molecule has 3 aliphatic carbocycles. The largest absolute Gasteiger partial charge is 0.310 e. The third-order valence-corrected chi connectivity index (χ3v) is 13.5. The van der Waals surface area contributed by atoms with Crippen molar-refractivity contribution in [3.05, 3.63) is 228 Å². The van der Waals surface area contributed by atoms with Gasteiger partial charge in [0, 0.05) is 27.9 Å². The molecule has 1 heteroatoms. The number of allylic oxidation sites excluding steroid dienone is 6. The summed E-state index contributed by atoms with van der Waals surface area (Å²) in [6.45, 7) is 9.68. The van der Waals surface area contributed by atoms with E-state index in [0.29, 0.717) is 0 Å². The van der Waals surface area contributed by atoms with Crippen LogP contribution in [0.5, 0.6) is 0 Å². The number of fused-ring (bicyclic) bond motifs is 8. The van der Waals surface area contributed by atoms with Crippen LogP contribution in [0.4, 0.5) is 17.1 Å². The van der Waals surface area contributed by atoms with E-state index in [1.165, 1.54) is 88.7 Å². The lowest BCUT2D eigenvalue weighted by atomic mass is 9.79.